The maximum atomic E-state index is 13.1. The minimum atomic E-state index is -3.06. The molecule has 1 atom stereocenters. The van der Waals surface area contributed by atoms with E-state index in [9.17, 15) is 18.4 Å². The predicted molar refractivity (Wildman–Crippen MR) is 125 cm³/mol. The quantitative estimate of drug-likeness (QED) is 0.360. The monoisotopic (exact) mass is 480 g/mol. The molecule has 1 N–H and O–H groups in total. The van der Waals surface area contributed by atoms with Crippen LogP contribution in [0.15, 0.2) is 66.9 Å². The molecule has 0 aliphatic heterocycles. The van der Waals surface area contributed by atoms with Crippen LogP contribution in [-0.2, 0) is 16.1 Å². The highest BCUT2D eigenvalue weighted by atomic mass is 19.3. The van der Waals surface area contributed by atoms with E-state index in [1.807, 2.05) is 37.3 Å². The highest BCUT2D eigenvalue weighted by molar-refractivity contribution is 6.05. The van der Waals surface area contributed by atoms with Crippen molar-refractivity contribution in [1.29, 1.82) is 0 Å². The number of fused-ring (bicyclic) bond motifs is 1. The van der Waals surface area contributed by atoms with Gasteiger partial charge in [-0.15, -0.1) is 0 Å². The summed E-state index contributed by atoms with van der Waals surface area (Å²) in [6, 6.07) is 16.7. The third-order valence-corrected chi connectivity index (χ3v) is 5.21. The first-order valence-electron chi connectivity index (χ1n) is 10.8. The number of hydrogen-bond acceptors (Lipinski definition) is 6. The maximum absolute atomic E-state index is 13.1. The molecule has 2 heterocycles. The molecule has 35 heavy (non-hydrogen) atoms. The lowest BCUT2D eigenvalue weighted by Crippen LogP contribution is -2.30. The van der Waals surface area contributed by atoms with Crippen molar-refractivity contribution in [2.75, 3.05) is 5.32 Å². The molecular weight excluding hydrogens is 458 g/mol. The predicted octanol–water partition coefficient (Wildman–Crippen LogP) is 4.90. The lowest BCUT2D eigenvalue weighted by atomic mass is 10.1. The summed E-state index contributed by atoms with van der Waals surface area (Å²) in [5.74, 6) is -1.66. The fourth-order valence-corrected chi connectivity index (χ4v) is 3.49. The molecule has 8 nitrogen and oxygen atoms in total. The fraction of sp³-hybridized carbons (Fsp3) is 0.200. The molecule has 2 aromatic carbocycles. The van der Waals surface area contributed by atoms with Crippen LogP contribution >= 0.6 is 0 Å². The molecule has 180 valence electrons. The summed E-state index contributed by atoms with van der Waals surface area (Å²) in [4.78, 5) is 30.4. The molecule has 0 saturated heterocycles. The van der Waals surface area contributed by atoms with Crippen LogP contribution in [0.5, 0.6) is 5.75 Å². The highest BCUT2D eigenvalue weighted by Gasteiger charge is 2.24. The van der Waals surface area contributed by atoms with Crippen molar-refractivity contribution in [3.8, 4) is 17.0 Å². The summed E-state index contributed by atoms with van der Waals surface area (Å²) in [6.07, 6.45) is 0.298. The van der Waals surface area contributed by atoms with Crippen LogP contribution in [0.3, 0.4) is 0 Å². The maximum Gasteiger partial charge on any atom is 0.387 e. The first-order valence-corrected chi connectivity index (χ1v) is 10.8. The number of aromatic nitrogens is 3. The van der Waals surface area contributed by atoms with Crippen LogP contribution in [-0.4, -0.2) is 39.4 Å². The number of amides is 1. The Labute approximate surface area is 199 Å². The molecule has 0 fully saturated rings. The van der Waals surface area contributed by atoms with E-state index in [4.69, 9.17) is 4.74 Å². The molecular formula is C25H22F2N4O4. The number of halogens is 2. The zero-order valence-corrected chi connectivity index (χ0v) is 18.9. The number of pyridine rings is 1. The molecule has 0 aliphatic rings. The first-order chi connectivity index (χ1) is 16.9. The van der Waals surface area contributed by atoms with Gasteiger partial charge in [-0.05, 0) is 32.0 Å². The topological polar surface area (TPSA) is 95.3 Å². The van der Waals surface area contributed by atoms with Crippen molar-refractivity contribution in [2.24, 2.45) is 0 Å². The van der Waals surface area contributed by atoms with Gasteiger partial charge in [0.25, 0.3) is 5.91 Å². The Balaban J connectivity index is 1.59. The van der Waals surface area contributed by atoms with Gasteiger partial charge in [-0.25, -0.2) is 14.5 Å². The molecule has 4 rings (SSSR count). The molecule has 0 saturated carbocycles. The lowest BCUT2D eigenvalue weighted by molar-refractivity contribution is -0.123. The van der Waals surface area contributed by atoms with Gasteiger partial charge in [0.1, 0.15) is 5.75 Å². The summed E-state index contributed by atoms with van der Waals surface area (Å²) in [7, 11) is 0. The second-order valence-corrected chi connectivity index (χ2v) is 7.53. The number of anilines is 1. The van der Waals surface area contributed by atoms with E-state index in [1.54, 1.807) is 16.8 Å². The lowest BCUT2D eigenvalue weighted by Gasteiger charge is -2.16. The van der Waals surface area contributed by atoms with Gasteiger partial charge >= 0.3 is 12.6 Å². The summed E-state index contributed by atoms with van der Waals surface area (Å²) < 4.78 is 36.8. The van der Waals surface area contributed by atoms with Crippen LogP contribution in [0.25, 0.3) is 22.3 Å². The number of carbonyl (C=O) groups is 2. The summed E-state index contributed by atoms with van der Waals surface area (Å²) in [5, 5.41) is 7.23. The van der Waals surface area contributed by atoms with E-state index in [2.05, 4.69) is 20.1 Å². The normalized spacial score (nSPS) is 11.9. The smallest absolute Gasteiger partial charge is 0.387 e. The zero-order valence-electron chi connectivity index (χ0n) is 18.9. The fourth-order valence-electron chi connectivity index (χ4n) is 3.49. The second-order valence-electron chi connectivity index (χ2n) is 7.53. The van der Waals surface area contributed by atoms with Gasteiger partial charge in [0.15, 0.2) is 11.8 Å². The van der Waals surface area contributed by atoms with Gasteiger partial charge in [0.05, 0.1) is 28.5 Å². The highest BCUT2D eigenvalue weighted by Crippen LogP contribution is 2.27. The minimum Gasteiger partial charge on any atom is -0.449 e. The van der Waals surface area contributed by atoms with Crippen molar-refractivity contribution in [3.63, 3.8) is 0 Å². The number of para-hydroxylation sites is 2. The van der Waals surface area contributed by atoms with Gasteiger partial charge < -0.3 is 14.8 Å². The molecule has 10 heteroatoms. The Morgan fingerprint density at radius 2 is 1.80 bits per heavy atom. The molecule has 0 radical (unpaired) electrons. The standard InChI is InChI=1S/C25H22F2N4O4/c1-3-31-22-18(14-28-31)17(13-20(29-22)16-9-5-4-6-10-16)24(33)34-15(2)23(32)30-19-11-7-8-12-21(19)35-25(26)27/h4-15,25H,3H2,1-2H3,(H,30,32). The molecule has 1 unspecified atom stereocenters. The Bertz CT molecular complexity index is 1360. The van der Waals surface area contributed by atoms with Gasteiger partial charge in [-0.2, -0.15) is 13.9 Å². The number of rotatable bonds is 8. The number of nitrogens with one attached hydrogen (secondary N) is 1. The van der Waals surface area contributed by atoms with E-state index in [0.717, 1.165) is 5.56 Å². The second kappa shape index (κ2) is 10.3. The largest absolute Gasteiger partial charge is 0.449 e. The van der Waals surface area contributed by atoms with Crippen molar-refractivity contribution in [1.82, 2.24) is 14.8 Å². The summed E-state index contributed by atoms with van der Waals surface area (Å²) in [5.41, 5.74) is 2.09. The average molecular weight is 480 g/mol. The number of aryl methyl sites for hydroxylation is 1. The van der Waals surface area contributed by atoms with Crippen LogP contribution < -0.4 is 10.1 Å². The van der Waals surface area contributed by atoms with E-state index in [1.165, 1.54) is 31.3 Å². The van der Waals surface area contributed by atoms with Crippen molar-refractivity contribution < 1.29 is 27.8 Å². The van der Waals surface area contributed by atoms with Gasteiger partial charge in [-0.3, -0.25) is 4.79 Å². The van der Waals surface area contributed by atoms with Gasteiger partial charge in [0, 0.05) is 12.1 Å². The molecule has 0 spiro atoms. The van der Waals surface area contributed by atoms with E-state index < -0.39 is 24.6 Å². The van der Waals surface area contributed by atoms with Crippen LogP contribution in [0.2, 0.25) is 0 Å². The summed E-state index contributed by atoms with van der Waals surface area (Å²) in [6.45, 7) is 0.779. The number of ether oxygens (including phenoxy) is 2. The van der Waals surface area contributed by atoms with E-state index in [-0.39, 0.29) is 17.0 Å². The Hall–Kier alpha value is -4.34. The third kappa shape index (κ3) is 5.26. The Morgan fingerprint density at radius 1 is 1.09 bits per heavy atom. The Morgan fingerprint density at radius 3 is 2.51 bits per heavy atom. The zero-order chi connectivity index (χ0) is 24.9. The SMILES string of the molecule is CCn1ncc2c(C(=O)OC(C)C(=O)Nc3ccccc3OC(F)F)cc(-c3ccccc3)nc21. The van der Waals surface area contributed by atoms with Crippen LogP contribution in [0.1, 0.15) is 24.2 Å². The number of alkyl halides is 2. The van der Waals surface area contributed by atoms with Crippen molar-refractivity contribution >= 4 is 28.6 Å². The van der Waals surface area contributed by atoms with Gasteiger partial charge in [0.2, 0.25) is 0 Å². The van der Waals surface area contributed by atoms with Crippen LogP contribution in [0, 0.1) is 0 Å². The molecule has 4 aromatic rings. The van der Waals surface area contributed by atoms with E-state index in [0.29, 0.717) is 23.3 Å². The molecule has 2 aromatic heterocycles. The van der Waals surface area contributed by atoms with Crippen molar-refractivity contribution in [2.45, 2.75) is 33.1 Å². The average Bonchev–Trinajstić information content (AvgIpc) is 3.28. The number of hydrogen-bond donors (Lipinski definition) is 1. The minimum absolute atomic E-state index is 0.0302. The number of benzene rings is 2. The number of carbonyl (C=O) groups excluding carboxylic acids is 2. The third-order valence-electron chi connectivity index (χ3n) is 5.21. The van der Waals surface area contributed by atoms with Crippen molar-refractivity contribution in [3.05, 3.63) is 72.4 Å². The molecule has 0 bridgehead atoms. The number of nitrogens with zero attached hydrogens (tertiary/aromatic N) is 3. The Kier molecular flexibility index (Phi) is 7.00. The van der Waals surface area contributed by atoms with Gasteiger partial charge in [-0.1, -0.05) is 42.5 Å². The van der Waals surface area contributed by atoms with E-state index >= 15 is 0 Å². The first kappa shape index (κ1) is 23.8. The summed E-state index contributed by atoms with van der Waals surface area (Å²) >= 11 is 0. The number of esters is 1. The van der Waals surface area contributed by atoms with Crippen LogP contribution in [0.4, 0.5) is 14.5 Å². The molecule has 0 aliphatic carbocycles. The molecule has 1 amide bonds.